The number of aliphatic hydroxyl groups is 4. The van der Waals surface area contributed by atoms with Crippen LogP contribution in [-0.2, 0) is 4.74 Å². The lowest BCUT2D eigenvalue weighted by molar-refractivity contribution is -0.277. The maximum absolute atomic E-state index is 10.2. The van der Waals surface area contributed by atoms with Gasteiger partial charge in [0.1, 0.15) is 30.2 Å². The number of rotatable bonds is 7. The van der Waals surface area contributed by atoms with Gasteiger partial charge in [-0.1, -0.05) is 13.8 Å². The molecule has 0 saturated carbocycles. The van der Waals surface area contributed by atoms with E-state index in [0.717, 1.165) is 12.0 Å². The Hall–Kier alpha value is -1.58. The van der Waals surface area contributed by atoms with E-state index in [1.54, 1.807) is 13.2 Å². The zero-order valence-electron chi connectivity index (χ0n) is 15.5. The molecule has 1 saturated heterocycles. The Morgan fingerprint density at radius 1 is 1.08 bits per heavy atom. The van der Waals surface area contributed by atoms with Crippen molar-refractivity contribution in [2.45, 2.75) is 56.9 Å². The van der Waals surface area contributed by atoms with Crippen molar-refractivity contribution in [3.8, 4) is 17.2 Å². The van der Waals surface area contributed by atoms with E-state index >= 15 is 0 Å². The summed E-state index contributed by atoms with van der Waals surface area (Å²) in [6, 6.07) is 3.46. The van der Waals surface area contributed by atoms with Gasteiger partial charge < -0.3 is 39.4 Å². The molecular formula is C18H28O8. The van der Waals surface area contributed by atoms with Gasteiger partial charge in [0.2, 0.25) is 6.29 Å². The lowest BCUT2D eigenvalue weighted by Gasteiger charge is -2.40. The second-order valence-electron chi connectivity index (χ2n) is 6.37. The van der Waals surface area contributed by atoms with Crippen LogP contribution in [0.5, 0.6) is 17.2 Å². The van der Waals surface area contributed by atoms with Crippen LogP contribution in [0, 0.1) is 0 Å². The molecule has 2 rings (SSSR count). The van der Waals surface area contributed by atoms with Gasteiger partial charge in [0.05, 0.1) is 20.8 Å². The van der Waals surface area contributed by atoms with Gasteiger partial charge in [-0.25, -0.2) is 0 Å². The fourth-order valence-electron chi connectivity index (χ4n) is 2.86. The molecule has 0 aromatic heterocycles. The number of ether oxygens (including phenoxy) is 4. The predicted molar refractivity (Wildman–Crippen MR) is 92.6 cm³/mol. The molecule has 4 N–H and O–H groups in total. The maximum atomic E-state index is 10.2. The average Bonchev–Trinajstić information content (AvgIpc) is 2.67. The highest BCUT2D eigenvalue weighted by molar-refractivity contribution is 5.53. The highest BCUT2D eigenvalue weighted by Gasteiger charge is 2.45. The van der Waals surface area contributed by atoms with Gasteiger partial charge in [-0.15, -0.1) is 0 Å². The summed E-state index contributed by atoms with van der Waals surface area (Å²) in [7, 11) is 3.03. The summed E-state index contributed by atoms with van der Waals surface area (Å²) in [6.07, 6.45) is -5.96. The van der Waals surface area contributed by atoms with E-state index in [4.69, 9.17) is 18.9 Å². The summed E-state index contributed by atoms with van der Waals surface area (Å²) < 4.78 is 22.0. The Labute approximate surface area is 152 Å². The first kappa shape index (κ1) is 20.7. The molecule has 0 radical (unpaired) electrons. The van der Waals surface area contributed by atoms with Crippen LogP contribution < -0.4 is 14.2 Å². The summed E-state index contributed by atoms with van der Waals surface area (Å²) in [5.74, 6) is 1.43. The highest BCUT2D eigenvalue weighted by Crippen LogP contribution is 2.42. The molecule has 1 heterocycles. The first-order valence-electron chi connectivity index (χ1n) is 8.60. The summed E-state index contributed by atoms with van der Waals surface area (Å²) in [6.45, 7) is 3.51. The van der Waals surface area contributed by atoms with Crippen molar-refractivity contribution >= 4 is 0 Å². The van der Waals surface area contributed by atoms with Crippen LogP contribution in [0.4, 0.5) is 0 Å². The lowest BCUT2D eigenvalue weighted by atomic mass is 9.96. The molecule has 0 spiro atoms. The predicted octanol–water partition coefficient (Wildman–Crippen LogP) is 0.396. The quantitative estimate of drug-likeness (QED) is 0.543. The Bertz CT molecular complexity index is 591. The molecule has 1 aromatic rings. The van der Waals surface area contributed by atoms with Crippen LogP contribution in [-0.4, -0.2) is 72.0 Å². The molecule has 1 aliphatic rings. The average molecular weight is 372 g/mol. The molecule has 0 amide bonds. The third kappa shape index (κ3) is 4.05. The van der Waals surface area contributed by atoms with Gasteiger partial charge in [0.15, 0.2) is 11.5 Å². The van der Waals surface area contributed by atoms with Crippen molar-refractivity contribution in [1.29, 1.82) is 0 Å². The van der Waals surface area contributed by atoms with Gasteiger partial charge in [-0.3, -0.25) is 0 Å². The Morgan fingerprint density at radius 2 is 1.77 bits per heavy atom. The van der Waals surface area contributed by atoms with Crippen LogP contribution in [0.15, 0.2) is 12.1 Å². The Balaban J connectivity index is 2.40. The minimum absolute atomic E-state index is 0.0962. The SMILES string of the molecule is CC[C@H](C)c1cc(OC)cc(OC)c1O[C@@H]1O[C@H](CO)[C@@H](O)[C@H](O)[C@H]1O. The van der Waals surface area contributed by atoms with Crippen LogP contribution in [0.2, 0.25) is 0 Å². The second kappa shape index (κ2) is 8.88. The van der Waals surface area contributed by atoms with Gasteiger partial charge in [-0.2, -0.15) is 0 Å². The number of hydrogen-bond acceptors (Lipinski definition) is 8. The fourth-order valence-corrected chi connectivity index (χ4v) is 2.86. The zero-order chi connectivity index (χ0) is 19.4. The van der Waals surface area contributed by atoms with Gasteiger partial charge in [-0.05, 0) is 18.4 Å². The fraction of sp³-hybridized carbons (Fsp3) is 0.667. The topological polar surface area (TPSA) is 118 Å². The van der Waals surface area contributed by atoms with Crippen molar-refractivity contribution in [3.05, 3.63) is 17.7 Å². The Morgan fingerprint density at radius 3 is 2.31 bits per heavy atom. The van der Waals surface area contributed by atoms with E-state index < -0.39 is 37.3 Å². The summed E-state index contributed by atoms with van der Waals surface area (Å²) in [4.78, 5) is 0. The number of benzene rings is 1. The third-order valence-electron chi connectivity index (χ3n) is 4.74. The second-order valence-corrected chi connectivity index (χ2v) is 6.37. The van der Waals surface area contributed by atoms with Crippen molar-refractivity contribution in [1.82, 2.24) is 0 Å². The zero-order valence-corrected chi connectivity index (χ0v) is 15.5. The van der Waals surface area contributed by atoms with Crippen LogP contribution in [0.3, 0.4) is 0 Å². The minimum Gasteiger partial charge on any atom is -0.497 e. The van der Waals surface area contributed by atoms with Gasteiger partial charge >= 0.3 is 0 Å². The molecular weight excluding hydrogens is 344 g/mol. The summed E-state index contributed by atoms with van der Waals surface area (Å²) in [5.41, 5.74) is 0.792. The van der Waals surface area contributed by atoms with E-state index in [9.17, 15) is 20.4 Å². The van der Waals surface area contributed by atoms with Crippen molar-refractivity contribution in [2.24, 2.45) is 0 Å². The number of methoxy groups -OCH3 is 2. The first-order chi connectivity index (χ1) is 12.4. The normalized spacial score (nSPS) is 29.9. The molecule has 0 bridgehead atoms. The van der Waals surface area contributed by atoms with Crippen LogP contribution >= 0.6 is 0 Å². The molecule has 8 nitrogen and oxygen atoms in total. The maximum Gasteiger partial charge on any atom is 0.229 e. The lowest BCUT2D eigenvalue weighted by Crippen LogP contribution is -2.60. The van der Waals surface area contributed by atoms with E-state index in [0.29, 0.717) is 17.2 Å². The molecule has 1 aromatic carbocycles. The van der Waals surface area contributed by atoms with Crippen molar-refractivity contribution < 1.29 is 39.4 Å². The van der Waals surface area contributed by atoms with Crippen molar-refractivity contribution in [3.63, 3.8) is 0 Å². The van der Waals surface area contributed by atoms with Crippen LogP contribution in [0.25, 0.3) is 0 Å². The highest BCUT2D eigenvalue weighted by atomic mass is 16.7. The number of hydrogen-bond donors (Lipinski definition) is 4. The monoisotopic (exact) mass is 372 g/mol. The first-order valence-corrected chi connectivity index (χ1v) is 8.60. The van der Waals surface area contributed by atoms with Gasteiger partial charge in [0, 0.05) is 11.6 Å². The number of aliphatic hydroxyl groups excluding tert-OH is 4. The molecule has 148 valence electrons. The molecule has 0 aliphatic carbocycles. The molecule has 6 atom stereocenters. The standard InChI is InChI=1S/C18H28O8/c1-5-9(2)11-6-10(23-3)7-12(24-4)17(11)26-18-16(22)15(21)14(20)13(8-19)25-18/h6-7,9,13-16,18-22H,5,8H2,1-4H3/t9-,13+,14+,15-,16+,18-/m0/s1. The van der Waals surface area contributed by atoms with Crippen molar-refractivity contribution in [2.75, 3.05) is 20.8 Å². The molecule has 0 unspecified atom stereocenters. The molecule has 26 heavy (non-hydrogen) atoms. The summed E-state index contributed by atoms with van der Waals surface area (Å²) >= 11 is 0. The Kier molecular flexibility index (Phi) is 7.08. The van der Waals surface area contributed by atoms with Crippen LogP contribution in [0.1, 0.15) is 31.7 Å². The van der Waals surface area contributed by atoms with E-state index in [2.05, 4.69) is 0 Å². The summed E-state index contributed by atoms with van der Waals surface area (Å²) in [5, 5.41) is 39.4. The molecule has 8 heteroatoms. The van der Waals surface area contributed by atoms with E-state index in [-0.39, 0.29) is 5.92 Å². The largest absolute Gasteiger partial charge is 0.497 e. The molecule has 1 aliphatic heterocycles. The van der Waals surface area contributed by atoms with E-state index in [1.807, 2.05) is 19.9 Å². The third-order valence-corrected chi connectivity index (χ3v) is 4.74. The minimum atomic E-state index is -1.51. The van der Waals surface area contributed by atoms with E-state index in [1.165, 1.54) is 7.11 Å². The molecule has 1 fully saturated rings. The van der Waals surface area contributed by atoms with Gasteiger partial charge in [0.25, 0.3) is 0 Å². The smallest absolute Gasteiger partial charge is 0.229 e.